The summed E-state index contributed by atoms with van der Waals surface area (Å²) in [5.74, 6) is 1.22. The summed E-state index contributed by atoms with van der Waals surface area (Å²) in [6, 6.07) is 9.97. The molecule has 0 saturated carbocycles. The Kier molecular flexibility index (Phi) is 4.67. The SMILES string of the molecule is COc1ccc(CCNc2ccc(C(F)(F)F)cn2)cc1. The number of benzene rings is 1. The van der Waals surface area contributed by atoms with Crippen molar-refractivity contribution in [3.05, 3.63) is 53.7 Å². The van der Waals surface area contributed by atoms with Gasteiger partial charge in [-0.15, -0.1) is 0 Å². The van der Waals surface area contributed by atoms with Crippen LogP contribution in [0.25, 0.3) is 0 Å². The maximum Gasteiger partial charge on any atom is 0.417 e. The number of hydrogen-bond donors (Lipinski definition) is 1. The fourth-order valence-electron chi connectivity index (χ4n) is 1.79. The normalized spacial score (nSPS) is 11.2. The Morgan fingerprint density at radius 1 is 1.10 bits per heavy atom. The van der Waals surface area contributed by atoms with Crippen LogP contribution < -0.4 is 10.1 Å². The molecule has 0 saturated heterocycles. The summed E-state index contributed by atoms with van der Waals surface area (Å²) < 4.78 is 42.2. The Morgan fingerprint density at radius 3 is 2.33 bits per heavy atom. The van der Waals surface area contributed by atoms with E-state index < -0.39 is 11.7 Å². The molecule has 21 heavy (non-hydrogen) atoms. The molecule has 112 valence electrons. The second-order valence-corrected chi connectivity index (χ2v) is 4.45. The topological polar surface area (TPSA) is 34.1 Å². The standard InChI is InChI=1S/C15H15F3N2O/c1-21-13-5-2-11(3-6-13)8-9-19-14-7-4-12(10-20-14)15(16,17)18/h2-7,10H,8-9H2,1H3,(H,19,20). The summed E-state index contributed by atoms with van der Waals surface area (Å²) in [6.45, 7) is 0.588. The van der Waals surface area contributed by atoms with Crippen LogP contribution in [-0.4, -0.2) is 18.6 Å². The van der Waals surface area contributed by atoms with Crippen LogP contribution in [0.4, 0.5) is 19.0 Å². The van der Waals surface area contributed by atoms with Crippen LogP contribution in [0.15, 0.2) is 42.6 Å². The number of pyridine rings is 1. The number of aromatic nitrogens is 1. The number of rotatable bonds is 5. The van der Waals surface area contributed by atoms with Gasteiger partial charge in [-0.2, -0.15) is 13.2 Å². The molecule has 0 amide bonds. The predicted molar refractivity (Wildman–Crippen MR) is 74.4 cm³/mol. The molecule has 2 rings (SSSR count). The number of nitrogens with one attached hydrogen (secondary N) is 1. The Labute approximate surface area is 120 Å². The second-order valence-electron chi connectivity index (χ2n) is 4.45. The van der Waals surface area contributed by atoms with Gasteiger partial charge in [0.1, 0.15) is 11.6 Å². The van der Waals surface area contributed by atoms with Crippen molar-refractivity contribution in [2.75, 3.05) is 19.0 Å². The molecule has 1 aromatic carbocycles. The summed E-state index contributed by atoms with van der Waals surface area (Å²) in [5.41, 5.74) is 0.360. The van der Waals surface area contributed by atoms with Crippen molar-refractivity contribution in [1.29, 1.82) is 0 Å². The number of methoxy groups -OCH3 is 1. The number of anilines is 1. The van der Waals surface area contributed by atoms with Crippen molar-refractivity contribution in [1.82, 2.24) is 4.98 Å². The van der Waals surface area contributed by atoms with E-state index in [1.807, 2.05) is 24.3 Å². The van der Waals surface area contributed by atoms with E-state index in [0.717, 1.165) is 30.0 Å². The molecule has 0 radical (unpaired) electrons. The highest BCUT2D eigenvalue weighted by Gasteiger charge is 2.30. The molecule has 1 heterocycles. The van der Waals surface area contributed by atoms with E-state index in [9.17, 15) is 13.2 Å². The third kappa shape index (κ3) is 4.37. The van der Waals surface area contributed by atoms with E-state index in [1.165, 1.54) is 6.07 Å². The van der Waals surface area contributed by atoms with Crippen LogP contribution in [-0.2, 0) is 12.6 Å². The second kappa shape index (κ2) is 6.47. The maximum absolute atomic E-state index is 12.4. The molecule has 1 aromatic heterocycles. The summed E-state index contributed by atoms with van der Waals surface area (Å²) in [7, 11) is 1.60. The van der Waals surface area contributed by atoms with Gasteiger partial charge < -0.3 is 10.1 Å². The minimum atomic E-state index is -4.35. The summed E-state index contributed by atoms with van der Waals surface area (Å²) in [6.07, 6.45) is -2.78. The molecule has 0 fully saturated rings. The molecule has 2 aromatic rings. The molecule has 0 unspecified atom stereocenters. The van der Waals surface area contributed by atoms with Gasteiger partial charge in [0.05, 0.1) is 12.7 Å². The van der Waals surface area contributed by atoms with E-state index in [0.29, 0.717) is 12.4 Å². The third-order valence-corrected chi connectivity index (χ3v) is 2.97. The molecule has 3 nitrogen and oxygen atoms in total. The first-order chi connectivity index (χ1) is 9.99. The monoisotopic (exact) mass is 296 g/mol. The number of hydrogen-bond acceptors (Lipinski definition) is 3. The smallest absolute Gasteiger partial charge is 0.417 e. The Morgan fingerprint density at radius 2 is 1.81 bits per heavy atom. The lowest BCUT2D eigenvalue weighted by atomic mass is 10.1. The zero-order valence-corrected chi connectivity index (χ0v) is 11.4. The first-order valence-electron chi connectivity index (χ1n) is 6.39. The molecule has 6 heteroatoms. The van der Waals surface area contributed by atoms with Gasteiger partial charge in [0.25, 0.3) is 0 Å². The van der Waals surface area contributed by atoms with Crippen molar-refractivity contribution < 1.29 is 17.9 Å². The maximum atomic E-state index is 12.4. The first kappa shape index (κ1) is 15.2. The van der Waals surface area contributed by atoms with Crippen LogP contribution in [0.1, 0.15) is 11.1 Å². The van der Waals surface area contributed by atoms with Gasteiger partial charge in [-0.3, -0.25) is 0 Å². The molecule has 0 atom stereocenters. The van der Waals surface area contributed by atoms with Crippen LogP contribution in [0.3, 0.4) is 0 Å². The van der Waals surface area contributed by atoms with Gasteiger partial charge >= 0.3 is 6.18 Å². The number of ether oxygens (including phenoxy) is 1. The minimum absolute atomic E-state index is 0.427. The summed E-state index contributed by atoms with van der Waals surface area (Å²) in [4.78, 5) is 3.75. The van der Waals surface area contributed by atoms with E-state index in [-0.39, 0.29) is 0 Å². The van der Waals surface area contributed by atoms with Gasteiger partial charge in [-0.1, -0.05) is 12.1 Å². The van der Waals surface area contributed by atoms with Crippen LogP contribution in [0.5, 0.6) is 5.75 Å². The highest BCUT2D eigenvalue weighted by molar-refractivity contribution is 5.36. The minimum Gasteiger partial charge on any atom is -0.497 e. The molecular formula is C15H15F3N2O. The van der Waals surface area contributed by atoms with Crippen LogP contribution >= 0.6 is 0 Å². The Hall–Kier alpha value is -2.24. The van der Waals surface area contributed by atoms with Crippen molar-refractivity contribution in [3.63, 3.8) is 0 Å². The average Bonchev–Trinajstić information content (AvgIpc) is 2.47. The highest BCUT2D eigenvalue weighted by Crippen LogP contribution is 2.28. The van der Waals surface area contributed by atoms with Crippen LogP contribution in [0, 0.1) is 0 Å². The van der Waals surface area contributed by atoms with Gasteiger partial charge in [0.15, 0.2) is 0 Å². The quantitative estimate of drug-likeness (QED) is 0.912. The van der Waals surface area contributed by atoms with E-state index in [1.54, 1.807) is 7.11 Å². The molecule has 0 aliphatic rings. The molecule has 1 N–H and O–H groups in total. The predicted octanol–water partition coefficient (Wildman–Crippen LogP) is 3.76. The van der Waals surface area contributed by atoms with Gasteiger partial charge in [-0.25, -0.2) is 4.98 Å². The van der Waals surface area contributed by atoms with Crippen LogP contribution in [0.2, 0.25) is 0 Å². The third-order valence-electron chi connectivity index (χ3n) is 2.97. The first-order valence-corrected chi connectivity index (χ1v) is 6.39. The van der Waals surface area contributed by atoms with Gasteiger partial charge in [-0.05, 0) is 36.2 Å². The average molecular weight is 296 g/mol. The van der Waals surface area contributed by atoms with E-state index >= 15 is 0 Å². The zero-order chi connectivity index (χ0) is 15.3. The molecule has 0 aliphatic carbocycles. The van der Waals surface area contributed by atoms with Crippen molar-refractivity contribution in [2.24, 2.45) is 0 Å². The molecule has 0 spiro atoms. The van der Waals surface area contributed by atoms with E-state index in [2.05, 4.69) is 10.3 Å². The lowest BCUT2D eigenvalue weighted by molar-refractivity contribution is -0.137. The zero-order valence-electron chi connectivity index (χ0n) is 11.4. The Balaban J connectivity index is 1.85. The molecule has 0 aliphatic heterocycles. The number of nitrogens with zero attached hydrogens (tertiary/aromatic N) is 1. The molecule has 0 bridgehead atoms. The van der Waals surface area contributed by atoms with Crippen molar-refractivity contribution in [3.8, 4) is 5.75 Å². The summed E-state index contributed by atoms with van der Waals surface area (Å²) in [5, 5.41) is 2.99. The lowest BCUT2D eigenvalue weighted by Gasteiger charge is -2.09. The molecular weight excluding hydrogens is 281 g/mol. The number of halogens is 3. The van der Waals surface area contributed by atoms with Crippen molar-refractivity contribution in [2.45, 2.75) is 12.6 Å². The highest BCUT2D eigenvalue weighted by atomic mass is 19.4. The van der Waals surface area contributed by atoms with Gasteiger partial charge in [0.2, 0.25) is 0 Å². The Bertz CT molecular complexity index is 565. The largest absolute Gasteiger partial charge is 0.497 e. The van der Waals surface area contributed by atoms with E-state index in [4.69, 9.17) is 4.74 Å². The number of alkyl halides is 3. The van der Waals surface area contributed by atoms with Crippen molar-refractivity contribution >= 4 is 5.82 Å². The fourth-order valence-corrected chi connectivity index (χ4v) is 1.79. The lowest BCUT2D eigenvalue weighted by Crippen LogP contribution is -2.09. The summed E-state index contributed by atoms with van der Waals surface area (Å²) >= 11 is 0. The fraction of sp³-hybridized carbons (Fsp3) is 0.267. The van der Waals surface area contributed by atoms with Gasteiger partial charge in [0, 0.05) is 12.7 Å².